The van der Waals surface area contributed by atoms with E-state index in [9.17, 15) is 9.59 Å². The Balaban J connectivity index is 5.12. The molecule has 0 saturated heterocycles. The van der Waals surface area contributed by atoms with Crippen molar-refractivity contribution in [2.45, 2.75) is 18.9 Å². The predicted molar refractivity (Wildman–Crippen MR) is 41.4 cm³/mol. The molecular formula is C7H7N3O4. The van der Waals surface area contributed by atoms with Crippen LogP contribution in [0.1, 0.15) is 13.3 Å². The molecule has 0 rings (SSSR count). The van der Waals surface area contributed by atoms with Crippen molar-refractivity contribution in [3.05, 3.63) is 0 Å². The molecule has 7 heteroatoms. The molecule has 0 amide bonds. The van der Waals surface area contributed by atoms with Crippen molar-refractivity contribution in [1.82, 2.24) is 4.90 Å². The van der Waals surface area contributed by atoms with Crippen molar-refractivity contribution < 1.29 is 19.8 Å². The molecule has 0 aromatic rings. The van der Waals surface area contributed by atoms with E-state index >= 15 is 0 Å². The minimum Gasteiger partial charge on any atom is -0.481 e. The molecule has 74 valence electrons. The second kappa shape index (κ2) is 4.10. The summed E-state index contributed by atoms with van der Waals surface area (Å²) in [6.07, 6.45) is 1.78. The van der Waals surface area contributed by atoms with Gasteiger partial charge in [-0.2, -0.15) is 15.4 Å². The maximum absolute atomic E-state index is 10.7. The molecule has 0 aliphatic heterocycles. The zero-order chi connectivity index (χ0) is 11.4. The fourth-order valence-electron chi connectivity index (χ4n) is 0.788. The lowest BCUT2D eigenvalue weighted by atomic mass is 9.97. The standard InChI is InChI=1S/C7H7N3O4/c1-7(6(13)14,2-5(11)12)10(3-8)4-9/h2H2,1H3,(H,11,12)(H,13,14)/t7-/m0/s1. The summed E-state index contributed by atoms with van der Waals surface area (Å²) in [5.74, 6) is -2.94. The Bertz CT molecular complexity index is 326. The number of nitrogens with zero attached hydrogens (tertiary/aromatic N) is 3. The smallest absolute Gasteiger partial charge is 0.331 e. The lowest BCUT2D eigenvalue weighted by Gasteiger charge is -2.25. The number of aliphatic carboxylic acids is 2. The van der Waals surface area contributed by atoms with Gasteiger partial charge in [-0.15, -0.1) is 0 Å². The molecule has 0 aliphatic carbocycles. The molecule has 0 fully saturated rings. The second-order valence-corrected chi connectivity index (χ2v) is 2.68. The Kier molecular flexibility index (Phi) is 3.43. The Morgan fingerprint density at radius 3 is 2.00 bits per heavy atom. The Morgan fingerprint density at radius 2 is 1.79 bits per heavy atom. The van der Waals surface area contributed by atoms with E-state index in [0.29, 0.717) is 0 Å². The highest BCUT2D eigenvalue weighted by atomic mass is 16.4. The fraction of sp³-hybridized carbons (Fsp3) is 0.429. The average molecular weight is 197 g/mol. The van der Waals surface area contributed by atoms with E-state index < -0.39 is 23.9 Å². The summed E-state index contributed by atoms with van der Waals surface area (Å²) in [7, 11) is 0. The summed E-state index contributed by atoms with van der Waals surface area (Å²) >= 11 is 0. The molecule has 0 heterocycles. The van der Waals surface area contributed by atoms with Gasteiger partial charge in [0.25, 0.3) is 0 Å². The summed E-state index contributed by atoms with van der Waals surface area (Å²) in [4.78, 5) is 21.3. The van der Waals surface area contributed by atoms with Gasteiger partial charge in [0, 0.05) is 0 Å². The van der Waals surface area contributed by atoms with Crippen molar-refractivity contribution in [2.75, 3.05) is 0 Å². The van der Waals surface area contributed by atoms with E-state index in [1.165, 1.54) is 12.4 Å². The summed E-state index contributed by atoms with van der Waals surface area (Å²) in [6.45, 7) is 0.996. The van der Waals surface area contributed by atoms with Gasteiger partial charge in [-0.25, -0.2) is 4.79 Å². The highest BCUT2D eigenvalue weighted by molar-refractivity contribution is 5.85. The van der Waals surface area contributed by atoms with Crippen molar-refractivity contribution in [2.24, 2.45) is 0 Å². The van der Waals surface area contributed by atoms with Crippen LogP contribution in [0, 0.1) is 22.9 Å². The van der Waals surface area contributed by atoms with Gasteiger partial charge in [-0.05, 0) is 6.92 Å². The molecular weight excluding hydrogens is 190 g/mol. The van der Waals surface area contributed by atoms with Crippen molar-refractivity contribution in [3.63, 3.8) is 0 Å². The quantitative estimate of drug-likeness (QED) is 0.462. The van der Waals surface area contributed by atoms with Crippen molar-refractivity contribution in [1.29, 1.82) is 10.5 Å². The third kappa shape index (κ3) is 2.11. The number of nitriles is 2. The first kappa shape index (κ1) is 11.7. The first-order valence-corrected chi connectivity index (χ1v) is 3.43. The topological polar surface area (TPSA) is 125 Å². The number of carboxylic acids is 2. The van der Waals surface area contributed by atoms with Gasteiger partial charge in [0.15, 0.2) is 17.9 Å². The largest absolute Gasteiger partial charge is 0.481 e. The molecule has 2 N–H and O–H groups in total. The van der Waals surface area contributed by atoms with Crippen LogP contribution >= 0.6 is 0 Å². The molecule has 0 aliphatic rings. The fourth-order valence-corrected chi connectivity index (χ4v) is 0.788. The van der Waals surface area contributed by atoms with E-state index in [2.05, 4.69) is 0 Å². The Labute approximate surface area is 79.4 Å². The van der Waals surface area contributed by atoms with Crippen molar-refractivity contribution in [3.8, 4) is 12.4 Å². The van der Waals surface area contributed by atoms with Crippen molar-refractivity contribution >= 4 is 11.9 Å². The van der Waals surface area contributed by atoms with Gasteiger partial charge >= 0.3 is 11.9 Å². The third-order valence-corrected chi connectivity index (χ3v) is 1.65. The van der Waals surface area contributed by atoms with Crippen LogP contribution in [0.4, 0.5) is 0 Å². The number of carboxylic acid groups (broad SMARTS) is 2. The number of hydrogen-bond acceptors (Lipinski definition) is 5. The molecule has 1 atom stereocenters. The van der Waals surface area contributed by atoms with Crippen LogP contribution in [0.15, 0.2) is 0 Å². The van der Waals surface area contributed by atoms with Crippen LogP contribution in [0.25, 0.3) is 0 Å². The lowest BCUT2D eigenvalue weighted by Crippen LogP contribution is -2.49. The molecule has 14 heavy (non-hydrogen) atoms. The highest BCUT2D eigenvalue weighted by Gasteiger charge is 2.42. The van der Waals surface area contributed by atoms with Gasteiger partial charge in [0.2, 0.25) is 0 Å². The number of hydrogen-bond donors (Lipinski definition) is 2. The van der Waals surface area contributed by atoms with Gasteiger partial charge in [0.1, 0.15) is 0 Å². The minimum atomic E-state index is -2.03. The molecule has 7 nitrogen and oxygen atoms in total. The number of carbonyl (C=O) groups is 2. The van der Waals surface area contributed by atoms with Crippen LogP contribution in [0.3, 0.4) is 0 Å². The summed E-state index contributed by atoms with van der Waals surface area (Å²) in [5, 5.41) is 34.0. The zero-order valence-corrected chi connectivity index (χ0v) is 7.26. The van der Waals surface area contributed by atoms with Gasteiger partial charge in [-0.3, -0.25) is 4.79 Å². The summed E-state index contributed by atoms with van der Waals surface area (Å²) in [5.41, 5.74) is -2.03. The van der Waals surface area contributed by atoms with E-state index in [1.807, 2.05) is 0 Å². The first-order chi connectivity index (χ1) is 6.38. The molecule has 0 aromatic carbocycles. The molecule has 0 spiro atoms. The van der Waals surface area contributed by atoms with E-state index in [0.717, 1.165) is 6.92 Å². The van der Waals surface area contributed by atoms with E-state index in [1.54, 1.807) is 0 Å². The highest BCUT2D eigenvalue weighted by Crippen LogP contribution is 2.18. The van der Waals surface area contributed by atoms with Gasteiger partial charge in [0.05, 0.1) is 6.42 Å². The first-order valence-electron chi connectivity index (χ1n) is 3.43. The molecule has 0 bridgehead atoms. The number of rotatable bonds is 4. The normalized spacial score (nSPS) is 13.1. The Morgan fingerprint density at radius 1 is 1.36 bits per heavy atom. The summed E-state index contributed by atoms with van der Waals surface area (Å²) < 4.78 is 0. The molecule has 0 unspecified atom stereocenters. The predicted octanol–water partition coefficient (Wildman–Crippen LogP) is -0.431. The molecule has 0 radical (unpaired) electrons. The second-order valence-electron chi connectivity index (χ2n) is 2.68. The van der Waals surface area contributed by atoms with Crippen LogP contribution in [-0.2, 0) is 9.59 Å². The maximum atomic E-state index is 10.7. The van der Waals surface area contributed by atoms with Gasteiger partial charge < -0.3 is 10.2 Å². The van der Waals surface area contributed by atoms with Crippen LogP contribution in [0.2, 0.25) is 0 Å². The van der Waals surface area contributed by atoms with E-state index in [-0.39, 0.29) is 4.90 Å². The SMILES string of the molecule is C[C@](CC(=O)O)(C(=O)O)N(C#N)C#N. The maximum Gasteiger partial charge on any atom is 0.331 e. The third-order valence-electron chi connectivity index (χ3n) is 1.65. The zero-order valence-electron chi connectivity index (χ0n) is 7.26. The Hall–Kier alpha value is -2.28. The average Bonchev–Trinajstić information content (AvgIpc) is 2.04. The summed E-state index contributed by atoms with van der Waals surface area (Å²) in [6, 6.07) is 0. The van der Waals surface area contributed by atoms with Crippen LogP contribution < -0.4 is 0 Å². The van der Waals surface area contributed by atoms with E-state index in [4.69, 9.17) is 20.7 Å². The van der Waals surface area contributed by atoms with Gasteiger partial charge in [-0.1, -0.05) is 0 Å². The minimum absolute atomic E-state index is 0.240. The van der Waals surface area contributed by atoms with Crippen LogP contribution in [-0.4, -0.2) is 32.6 Å². The monoisotopic (exact) mass is 197 g/mol. The molecule has 0 saturated carbocycles. The van der Waals surface area contributed by atoms with Crippen LogP contribution in [0.5, 0.6) is 0 Å². The molecule has 0 aromatic heterocycles. The lowest BCUT2D eigenvalue weighted by molar-refractivity contribution is -0.153.